The van der Waals surface area contributed by atoms with Crippen LogP contribution in [0.15, 0.2) is 42.6 Å². The fourth-order valence-electron chi connectivity index (χ4n) is 3.83. The smallest absolute Gasteiger partial charge is 0.326 e. The number of carbonyl (C=O) groups is 3. The quantitative estimate of drug-likeness (QED) is 0.534. The predicted octanol–water partition coefficient (Wildman–Crippen LogP) is 2.95. The Kier molecular flexibility index (Phi) is 6.93. The Labute approximate surface area is 206 Å². The van der Waals surface area contributed by atoms with Crippen LogP contribution in [0.1, 0.15) is 40.9 Å². The van der Waals surface area contributed by atoms with Crippen molar-refractivity contribution in [3.05, 3.63) is 69.5 Å². The second-order valence-corrected chi connectivity index (χ2v) is 9.28. The first-order chi connectivity index (χ1) is 16.2. The lowest BCUT2D eigenvalue weighted by atomic mass is 9.99. The molecule has 0 bridgehead atoms. The Morgan fingerprint density at radius 1 is 1.15 bits per heavy atom. The van der Waals surface area contributed by atoms with Crippen LogP contribution in [0.3, 0.4) is 0 Å². The van der Waals surface area contributed by atoms with E-state index in [9.17, 15) is 24.6 Å². The van der Waals surface area contributed by atoms with Gasteiger partial charge in [-0.2, -0.15) is 0 Å². The molecule has 0 unspecified atom stereocenters. The normalized spacial score (nSPS) is 17.5. The highest BCUT2D eigenvalue weighted by Crippen LogP contribution is 2.37. The van der Waals surface area contributed by atoms with Gasteiger partial charge in [0, 0.05) is 31.4 Å². The zero-order valence-corrected chi connectivity index (χ0v) is 19.6. The second kappa shape index (κ2) is 9.74. The highest BCUT2D eigenvalue weighted by molar-refractivity contribution is 6.39. The minimum absolute atomic E-state index is 0.0194. The van der Waals surface area contributed by atoms with Crippen LogP contribution in [0.5, 0.6) is 0 Å². The Balaban J connectivity index is 1.40. The van der Waals surface area contributed by atoms with Gasteiger partial charge in [0.05, 0.1) is 15.6 Å². The first-order valence-electron chi connectivity index (χ1n) is 10.8. The van der Waals surface area contributed by atoms with E-state index >= 15 is 0 Å². The number of aromatic nitrogens is 1. The third-order valence-electron chi connectivity index (χ3n) is 6.02. The summed E-state index contributed by atoms with van der Waals surface area (Å²) in [4.78, 5) is 42.6. The lowest BCUT2D eigenvalue weighted by molar-refractivity contribution is -0.142. The summed E-state index contributed by atoms with van der Waals surface area (Å²) in [6, 6.07) is 6.92. The number of aliphatic hydroxyl groups is 1. The topological polar surface area (TPSA) is 120 Å². The minimum Gasteiger partial charge on any atom is -0.480 e. The monoisotopic (exact) mass is 503 g/mol. The third kappa shape index (κ3) is 5.24. The SMILES string of the molecule is O=C(N[C@@H](Cc1ccc(C2=CCN(C(=O)C3(O)CC3)CC2)cn1)C(=O)O)c1c(Cl)cccc1Cl. The molecule has 0 saturated heterocycles. The van der Waals surface area contributed by atoms with Crippen molar-refractivity contribution in [2.45, 2.75) is 37.3 Å². The van der Waals surface area contributed by atoms with Gasteiger partial charge in [-0.15, -0.1) is 0 Å². The zero-order valence-electron chi connectivity index (χ0n) is 18.1. The van der Waals surface area contributed by atoms with Crippen LogP contribution in [-0.4, -0.2) is 62.6 Å². The Morgan fingerprint density at radius 3 is 2.38 bits per heavy atom. The van der Waals surface area contributed by atoms with E-state index in [1.807, 2.05) is 12.1 Å². The number of halogens is 2. The summed E-state index contributed by atoms with van der Waals surface area (Å²) in [5, 5.41) is 22.3. The summed E-state index contributed by atoms with van der Waals surface area (Å²) < 4.78 is 0. The second-order valence-electron chi connectivity index (χ2n) is 8.47. The average Bonchev–Trinajstić information content (AvgIpc) is 3.57. The van der Waals surface area contributed by atoms with Crippen LogP contribution < -0.4 is 5.32 Å². The number of hydrogen-bond acceptors (Lipinski definition) is 5. The maximum absolute atomic E-state index is 12.6. The molecule has 1 fully saturated rings. The molecule has 2 aromatic rings. The van der Waals surface area contributed by atoms with E-state index in [1.54, 1.807) is 23.2 Å². The maximum atomic E-state index is 12.6. The van der Waals surface area contributed by atoms with Crippen molar-refractivity contribution < 1.29 is 24.6 Å². The summed E-state index contributed by atoms with van der Waals surface area (Å²) in [7, 11) is 0. The van der Waals surface area contributed by atoms with Gasteiger partial charge in [-0.3, -0.25) is 14.6 Å². The molecular formula is C24H23Cl2N3O5. The van der Waals surface area contributed by atoms with Gasteiger partial charge in [0.2, 0.25) is 0 Å². The number of nitrogens with zero attached hydrogens (tertiary/aromatic N) is 2. The van der Waals surface area contributed by atoms with Gasteiger partial charge < -0.3 is 20.4 Å². The third-order valence-corrected chi connectivity index (χ3v) is 6.65. The molecule has 1 aromatic carbocycles. The molecule has 1 aromatic heterocycles. The van der Waals surface area contributed by atoms with Crippen LogP contribution in [-0.2, 0) is 16.0 Å². The van der Waals surface area contributed by atoms with Gasteiger partial charge in [0.15, 0.2) is 0 Å². The van der Waals surface area contributed by atoms with Crippen molar-refractivity contribution in [3.8, 4) is 0 Å². The summed E-state index contributed by atoms with van der Waals surface area (Å²) in [5.41, 5.74) is 1.25. The molecule has 0 radical (unpaired) electrons. The number of benzene rings is 1. The molecule has 10 heteroatoms. The summed E-state index contributed by atoms with van der Waals surface area (Å²) >= 11 is 12.1. The summed E-state index contributed by atoms with van der Waals surface area (Å²) in [5.74, 6) is -2.10. The molecule has 34 heavy (non-hydrogen) atoms. The van der Waals surface area contributed by atoms with Gasteiger partial charge in [-0.1, -0.05) is 41.4 Å². The van der Waals surface area contributed by atoms with Gasteiger partial charge in [-0.25, -0.2) is 4.79 Å². The molecule has 2 heterocycles. The lowest BCUT2D eigenvalue weighted by Gasteiger charge is -2.28. The standard InChI is InChI=1S/C24H23Cl2N3O5/c25-17-2-1-3-18(26)20(17)21(30)28-19(22(31)32)12-16-5-4-15(13-27-16)14-6-10-29(11-7-14)23(33)24(34)8-9-24/h1-6,13,19,34H,7-12H2,(H,28,30)(H,31,32)/t19-/m0/s1. The van der Waals surface area contributed by atoms with Crippen molar-refractivity contribution in [2.75, 3.05) is 13.1 Å². The number of amides is 2. The van der Waals surface area contributed by atoms with Gasteiger partial charge in [-0.05, 0) is 48.6 Å². The minimum atomic E-state index is -1.22. The molecule has 1 aliphatic heterocycles. The van der Waals surface area contributed by atoms with Gasteiger partial charge >= 0.3 is 5.97 Å². The van der Waals surface area contributed by atoms with Crippen LogP contribution in [0, 0.1) is 0 Å². The lowest BCUT2D eigenvalue weighted by Crippen LogP contribution is -2.42. The Morgan fingerprint density at radius 2 is 1.85 bits per heavy atom. The first-order valence-corrected chi connectivity index (χ1v) is 11.6. The molecule has 8 nitrogen and oxygen atoms in total. The van der Waals surface area contributed by atoms with Crippen LogP contribution >= 0.6 is 23.2 Å². The number of carboxylic acid groups (broad SMARTS) is 1. The average molecular weight is 504 g/mol. The predicted molar refractivity (Wildman–Crippen MR) is 127 cm³/mol. The molecule has 1 saturated carbocycles. The molecular weight excluding hydrogens is 481 g/mol. The molecule has 0 spiro atoms. The van der Waals surface area contributed by atoms with E-state index < -0.39 is 23.5 Å². The number of nitrogens with one attached hydrogen (secondary N) is 1. The van der Waals surface area contributed by atoms with Crippen LogP contribution in [0.2, 0.25) is 10.0 Å². The van der Waals surface area contributed by atoms with Crippen molar-refractivity contribution in [1.82, 2.24) is 15.2 Å². The van der Waals surface area contributed by atoms with E-state index in [4.69, 9.17) is 23.2 Å². The zero-order chi connectivity index (χ0) is 24.5. The van der Waals surface area contributed by atoms with Crippen molar-refractivity contribution in [1.29, 1.82) is 0 Å². The van der Waals surface area contributed by atoms with E-state index in [1.165, 1.54) is 12.1 Å². The van der Waals surface area contributed by atoms with E-state index in [0.29, 0.717) is 38.0 Å². The number of rotatable bonds is 7. The van der Waals surface area contributed by atoms with Crippen molar-refractivity contribution in [3.63, 3.8) is 0 Å². The fraction of sp³-hybridized carbons (Fsp3) is 0.333. The maximum Gasteiger partial charge on any atom is 0.326 e. The molecule has 4 rings (SSSR count). The van der Waals surface area contributed by atoms with Crippen LogP contribution in [0.4, 0.5) is 0 Å². The van der Waals surface area contributed by atoms with Gasteiger partial charge in [0.25, 0.3) is 11.8 Å². The highest BCUT2D eigenvalue weighted by atomic mass is 35.5. The van der Waals surface area contributed by atoms with Crippen molar-refractivity contribution in [2.24, 2.45) is 0 Å². The number of aliphatic carboxylic acids is 1. The molecule has 1 atom stereocenters. The fourth-order valence-corrected chi connectivity index (χ4v) is 4.40. The van der Waals surface area contributed by atoms with E-state index in [2.05, 4.69) is 10.3 Å². The van der Waals surface area contributed by atoms with Gasteiger partial charge in [0.1, 0.15) is 11.6 Å². The Bertz CT molecular complexity index is 1140. The Hall–Kier alpha value is -2.94. The number of pyridine rings is 1. The molecule has 1 aliphatic carbocycles. The molecule has 2 amide bonds. The summed E-state index contributed by atoms with van der Waals surface area (Å²) in [6.45, 7) is 0.947. The first kappa shape index (κ1) is 24.2. The van der Waals surface area contributed by atoms with Crippen molar-refractivity contribution >= 4 is 46.6 Å². The largest absolute Gasteiger partial charge is 0.480 e. The number of carboxylic acids is 1. The van der Waals surface area contributed by atoms with E-state index in [0.717, 1.165) is 11.1 Å². The van der Waals surface area contributed by atoms with Crippen LogP contribution in [0.25, 0.3) is 5.57 Å². The summed E-state index contributed by atoms with van der Waals surface area (Å²) in [6.07, 6.45) is 5.25. The molecule has 2 aliphatic rings. The van der Waals surface area contributed by atoms with E-state index in [-0.39, 0.29) is 27.9 Å². The number of hydrogen-bond donors (Lipinski definition) is 3. The molecule has 178 valence electrons. The number of carbonyl (C=O) groups excluding carboxylic acids is 2. The molecule has 3 N–H and O–H groups in total. The highest BCUT2D eigenvalue weighted by Gasteiger charge is 2.50.